The number of rotatable bonds is 6. The first-order valence-electron chi connectivity index (χ1n) is 6.64. The highest BCUT2D eigenvalue weighted by Crippen LogP contribution is 2.27. The van der Waals surface area contributed by atoms with Gasteiger partial charge in [-0.25, -0.2) is 0 Å². The van der Waals surface area contributed by atoms with Gasteiger partial charge in [-0.15, -0.1) is 0 Å². The molecule has 1 fully saturated rings. The number of nitrogens with two attached hydrogens (primary N) is 1. The third-order valence-electron chi connectivity index (χ3n) is 3.85. The zero-order chi connectivity index (χ0) is 12.0. The van der Waals surface area contributed by atoms with Gasteiger partial charge in [-0.05, 0) is 18.8 Å². The van der Waals surface area contributed by atoms with Gasteiger partial charge in [0.2, 0.25) is 5.91 Å². The molecule has 0 aliphatic heterocycles. The molecule has 0 radical (unpaired) electrons. The Hall–Kier alpha value is -0.570. The summed E-state index contributed by atoms with van der Waals surface area (Å²) in [5.41, 5.74) is 5.59. The maximum absolute atomic E-state index is 12.0. The SMILES string of the molecule is CCC(CN)C(=O)N(C)CCC1CCCC1. The standard InChI is InChI=1S/C13H26N2O/c1-3-12(10-14)13(16)15(2)9-8-11-6-4-5-7-11/h11-12H,3-10,14H2,1-2H3. The highest BCUT2D eigenvalue weighted by Gasteiger charge is 2.20. The monoisotopic (exact) mass is 226 g/mol. The van der Waals surface area contributed by atoms with Gasteiger partial charge in [0.1, 0.15) is 0 Å². The van der Waals surface area contributed by atoms with Crippen molar-refractivity contribution in [2.24, 2.45) is 17.6 Å². The van der Waals surface area contributed by atoms with Crippen molar-refractivity contribution in [1.82, 2.24) is 4.90 Å². The molecule has 1 aliphatic carbocycles. The number of carbonyl (C=O) groups is 1. The lowest BCUT2D eigenvalue weighted by molar-refractivity contribution is -0.134. The lowest BCUT2D eigenvalue weighted by Gasteiger charge is -2.23. The van der Waals surface area contributed by atoms with E-state index < -0.39 is 0 Å². The third kappa shape index (κ3) is 3.78. The van der Waals surface area contributed by atoms with Crippen LogP contribution in [0.4, 0.5) is 0 Å². The molecule has 1 rings (SSSR count). The Morgan fingerprint density at radius 1 is 1.44 bits per heavy atom. The minimum absolute atomic E-state index is 0.0218. The Balaban J connectivity index is 2.27. The number of hydrogen-bond acceptors (Lipinski definition) is 2. The molecule has 1 aliphatic rings. The van der Waals surface area contributed by atoms with Gasteiger partial charge < -0.3 is 10.6 Å². The fourth-order valence-corrected chi connectivity index (χ4v) is 2.54. The van der Waals surface area contributed by atoms with Crippen LogP contribution in [0.5, 0.6) is 0 Å². The van der Waals surface area contributed by atoms with Gasteiger partial charge in [-0.3, -0.25) is 4.79 Å². The van der Waals surface area contributed by atoms with E-state index in [0.717, 1.165) is 18.9 Å². The molecule has 1 saturated carbocycles. The molecule has 0 aromatic heterocycles. The summed E-state index contributed by atoms with van der Waals surface area (Å²) in [4.78, 5) is 13.8. The third-order valence-corrected chi connectivity index (χ3v) is 3.85. The quantitative estimate of drug-likeness (QED) is 0.753. The van der Waals surface area contributed by atoms with E-state index in [-0.39, 0.29) is 11.8 Å². The second kappa shape index (κ2) is 6.89. The van der Waals surface area contributed by atoms with E-state index >= 15 is 0 Å². The molecule has 0 bridgehead atoms. The molecule has 1 unspecified atom stereocenters. The Labute approximate surface area is 99.4 Å². The predicted octanol–water partition coefficient (Wildman–Crippen LogP) is 2.01. The van der Waals surface area contributed by atoms with Crippen LogP contribution in [-0.4, -0.2) is 30.9 Å². The van der Waals surface area contributed by atoms with Crippen LogP contribution in [-0.2, 0) is 4.79 Å². The summed E-state index contributed by atoms with van der Waals surface area (Å²) in [6, 6.07) is 0. The Morgan fingerprint density at radius 3 is 2.56 bits per heavy atom. The second-order valence-corrected chi connectivity index (χ2v) is 5.04. The fourth-order valence-electron chi connectivity index (χ4n) is 2.54. The molecule has 3 heteroatoms. The average molecular weight is 226 g/mol. The van der Waals surface area contributed by atoms with E-state index in [9.17, 15) is 4.79 Å². The number of amides is 1. The summed E-state index contributed by atoms with van der Waals surface area (Å²) in [7, 11) is 1.91. The summed E-state index contributed by atoms with van der Waals surface area (Å²) < 4.78 is 0. The van der Waals surface area contributed by atoms with Gasteiger partial charge in [0, 0.05) is 20.1 Å². The minimum Gasteiger partial charge on any atom is -0.345 e. The summed E-state index contributed by atoms with van der Waals surface area (Å²) in [5, 5.41) is 0. The van der Waals surface area contributed by atoms with E-state index in [4.69, 9.17) is 5.73 Å². The van der Waals surface area contributed by atoms with Crippen molar-refractivity contribution in [1.29, 1.82) is 0 Å². The first-order valence-corrected chi connectivity index (χ1v) is 6.64. The normalized spacial score (nSPS) is 18.7. The maximum Gasteiger partial charge on any atom is 0.226 e. The van der Waals surface area contributed by atoms with E-state index in [1.807, 2.05) is 18.9 Å². The van der Waals surface area contributed by atoms with E-state index in [0.29, 0.717) is 6.54 Å². The number of carbonyl (C=O) groups excluding carboxylic acids is 1. The highest BCUT2D eigenvalue weighted by atomic mass is 16.2. The molecule has 0 saturated heterocycles. The van der Waals surface area contributed by atoms with Crippen LogP contribution < -0.4 is 5.73 Å². The van der Waals surface area contributed by atoms with Crippen molar-refractivity contribution in [3.05, 3.63) is 0 Å². The van der Waals surface area contributed by atoms with Crippen molar-refractivity contribution in [3.8, 4) is 0 Å². The first kappa shape index (κ1) is 13.5. The molecule has 2 N–H and O–H groups in total. The van der Waals surface area contributed by atoms with Crippen molar-refractivity contribution >= 4 is 5.91 Å². The molecule has 0 heterocycles. The summed E-state index contributed by atoms with van der Waals surface area (Å²) in [6.07, 6.45) is 7.49. The smallest absolute Gasteiger partial charge is 0.226 e. The average Bonchev–Trinajstić information content (AvgIpc) is 2.80. The Morgan fingerprint density at radius 2 is 2.06 bits per heavy atom. The first-order chi connectivity index (χ1) is 7.69. The van der Waals surface area contributed by atoms with Gasteiger partial charge in [0.15, 0.2) is 0 Å². The van der Waals surface area contributed by atoms with Crippen molar-refractivity contribution in [3.63, 3.8) is 0 Å². The lowest BCUT2D eigenvalue weighted by Crippen LogP contribution is -2.37. The predicted molar refractivity (Wildman–Crippen MR) is 67.0 cm³/mol. The molecule has 1 atom stereocenters. The fraction of sp³-hybridized carbons (Fsp3) is 0.923. The molecular weight excluding hydrogens is 200 g/mol. The van der Waals surface area contributed by atoms with Crippen LogP contribution in [0.1, 0.15) is 45.4 Å². The largest absolute Gasteiger partial charge is 0.345 e. The number of hydrogen-bond donors (Lipinski definition) is 1. The zero-order valence-electron chi connectivity index (χ0n) is 10.7. The van der Waals surface area contributed by atoms with Crippen LogP contribution in [0.3, 0.4) is 0 Å². The summed E-state index contributed by atoms with van der Waals surface area (Å²) >= 11 is 0. The molecule has 0 aromatic rings. The van der Waals surface area contributed by atoms with Crippen LogP contribution in [0.25, 0.3) is 0 Å². The van der Waals surface area contributed by atoms with Gasteiger partial charge in [-0.2, -0.15) is 0 Å². The Bertz CT molecular complexity index is 208. The highest BCUT2D eigenvalue weighted by molar-refractivity contribution is 5.78. The van der Waals surface area contributed by atoms with Crippen molar-refractivity contribution < 1.29 is 4.79 Å². The van der Waals surface area contributed by atoms with Gasteiger partial charge in [0.25, 0.3) is 0 Å². The Kier molecular flexibility index (Phi) is 5.81. The van der Waals surface area contributed by atoms with Crippen LogP contribution in [0.2, 0.25) is 0 Å². The molecule has 0 aromatic carbocycles. The second-order valence-electron chi connectivity index (χ2n) is 5.04. The molecular formula is C13H26N2O. The van der Waals surface area contributed by atoms with E-state index in [1.165, 1.54) is 32.1 Å². The molecule has 94 valence electrons. The van der Waals surface area contributed by atoms with Gasteiger partial charge in [-0.1, -0.05) is 32.6 Å². The topological polar surface area (TPSA) is 46.3 Å². The zero-order valence-corrected chi connectivity index (χ0v) is 10.7. The maximum atomic E-state index is 12.0. The van der Waals surface area contributed by atoms with E-state index in [1.54, 1.807) is 0 Å². The van der Waals surface area contributed by atoms with Crippen molar-refractivity contribution in [2.75, 3.05) is 20.1 Å². The number of nitrogens with zero attached hydrogens (tertiary/aromatic N) is 1. The van der Waals surface area contributed by atoms with Crippen LogP contribution in [0, 0.1) is 11.8 Å². The van der Waals surface area contributed by atoms with Crippen LogP contribution >= 0.6 is 0 Å². The van der Waals surface area contributed by atoms with Crippen LogP contribution in [0.15, 0.2) is 0 Å². The molecule has 0 spiro atoms. The summed E-state index contributed by atoms with van der Waals surface area (Å²) in [6.45, 7) is 3.41. The lowest BCUT2D eigenvalue weighted by atomic mass is 10.0. The summed E-state index contributed by atoms with van der Waals surface area (Å²) in [5.74, 6) is 1.10. The minimum atomic E-state index is 0.0218. The molecule has 3 nitrogen and oxygen atoms in total. The van der Waals surface area contributed by atoms with Gasteiger partial charge >= 0.3 is 0 Å². The van der Waals surface area contributed by atoms with E-state index in [2.05, 4.69) is 0 Å². The van der Waals surface area contributed by atoms with Gasteiger partial charge in [0.05, 0.1) is 5.92 Å². The molecule has 1 amide bonds. The van der Waals surface area contributed by atoms with Crippen molar-refractivity contribution in [2.45, 2.75) is 45.4 Å². The molecule has 16 heavy (non-hydrogen) atoms.